The van der Waals surface area contributed by atoms with E-state index in [2.05, 4.69) is 15.6 Å². The van der Waals surface area contributed by atoms with E-state index >= 15 is 0 Å². The summed E-state index contributed by atoms with van der Waals surface area (Å²) in [6, 6.07) is 7.87. The van der Waals surface area contributed by atoms with Gasteiger partial charge in [-0.25, -0.2) is 4.79 Å². The van der Waals surface area contributed by atoms with Crippen LogP contribution in [0.15, 0.2) is 36.7 Å². The number of nitrogens with one attached hydrogen (secondary N) is 2. The molecule has 1 aromatic carbocycles. The molecule has 0 atom stereocenters. The van der Waals surface area contributed by atoms with Crippen molar-refractivity contribution in [2.45, 2.75) is 39.7 Å². The van der Waals surface area contributed by atoms with Crippen LogP contribution in [0, 0.1) is 13.8 Å². The monoisotopic (exact) mass is 396 g/mol. The Morgan fingerprint density at radius 1 is 1.21 bits per heavy atom. The smallest absolute Gasteiger partial charge is 0.409 e. The Morgan fingerprint density at radius 2 is 1.97 bits per heavy atom. The van der Waals surface area contributed by atoms with Crippen LogP contribution in [-0.2, 0) is 4.74 Å². The molecule has 3 rings (SSSR count). The zero-order valence-corrected chi connectivity index (χ0v) is 17.2. The van der Waals surface area contributed by atoms with Crippen molar-refractivity contribution < 1.29 is 14.3 Å². The fourth-order valence-corrected chi connectivity index (χ4v) is 3.38. The average Bonchev–Trinajstić information content (AvgIpc) is 2.72. The molecule has 1 aliphatic heterocycles. The van der Waals surface area contributed by atoms with Crippen molar-refractivity contribution in [1.29, 1.82) is 0 Å². The largest absolute Gasteiger partial charge is 0.450 e. The molecule has 2 aromatic rings. The van der Waals surface area contributed by atoms with Gasteiger partial charge in [0.2, 0.25) is 0 Å². The number of aromatic nitrogens is 1. The van der Waals surface area contributed by atoms with Crippen molar-refractivity contribution >= 4 is 23.4 Å². The number of piperidine rings is 1. The molecular weight excluding hydrogens is 368 g/mol. The Kier molecular flexibility index (Phi) is 6.69. The van der Waals surface area contributed by atoms with Gasteiger partial charge >= 0.3 is 6.09 Å². The molecule has 0 bridgehead atoms. The van der Waals surface area contributed by atoms with Gasteiger partial charge in [0.25, 0.3) is 5.91 Å². The molecule has 1 saturated heterocycles. The Bertz CT molecular complexity index is 876. The summed E-state index contributed by atoms with van der Waals surface area (Å²) in [5.74, 6) is -0.188. The van der Waals surface area contributed by atoms with Gasteiger partial charge in [-0.15, -0.1) is 0 Å². The molecule has 1 fully saturated rings. The van der Waals surface area contributed by atoms with E-state index in [9.17, 15) is 9.59 Å². The standard InChI is InChI=1S/C22H28N4O3/c1-4-29-22(28)26-10-8-18(9-11-26)24-19-12-17(13-23-14-19)21(27)25-20-7-5-6-15(2)16(20)3/h5-7,12-14,18,24H,4,8-11H2,1-3H3,(H,25,27). The normalized spacial score (nSPS) is 14.4. The van der Waals surface area contributed by atoms with Gasteiger partial charge in [0, 0.05) is 37.2 Å². The van der Waals surface area contributed by atoms with Crippen molar-refractivity contribution in [1.82, 2.24) is 9.88 Å². The lowest BCUT2D eigenvalue weighted by Crippen LogP contribution is -2.42. The van der Waals surface area contributed by atoms with Crippen LogP contribution in [0.25, 0.3) is 0 Å². The van der Waals surface area contributed by atoms with E-state index in [0.29, 0.717) is 25.3 Å². The van der Waals surface area contributed by atoms with Gasteiger partial charge < -0.3 is 20.3 Å². The van der Waals surface area contributed by atoms with Crippen molar-refractivity contribution in [3.63, 3.8) is 0 Å². The summed E-state index contributed by atoms with van der Waals surface area (Å²) in [5, 5.41) is 6.39. The number of pyridine rings is 1. The van der Waals surface area contributed by atoms with Gasteiger partial charge in [0.05, 0.1) is 17.9 Å². The topological polar surface area (TPSA) is 83.6 Å². The minimum absolute atomic E-state index is 0.188. The van der Waals surface area contributed by atoms with E-state index in [-0.39, 0.29) is 18.0 Å². The molecule has 2 amide bonds. The highest BCUT2D eigenvalue weighted by atomic mass is 16.6. The third kappa shape index (κ3) is 5.25. The molecule has 0 radical (unpaired) electrons. The van der Waals surface area contributed by atoms with Gasteiger partial charge in [-0.3, -0.25) is 9.78 Å². The number of carbonyl (C=O) groups excluding carboxylic acids is 2. The number of hydrogen-bond donors (Lipinski definition) is 2. The fourth-order valence-electron chi connectivity index (χ4n) is 3.38. The van der Waals surface area contributed by atoms with Gasteiger partial charge in [-0.1, -0.05) is 12.1 Å². The van der Waals surface area contributed by atoms with Crippen molar-refractivity contribution in [2.75, 3.05) is 30.3 Å². The minimum Gasteiger partial charge on any atom is -0.450 e. The molecule has 0 saturated carbocycles. The first kappa shape index (κ1) is 20.6. The molecule has 7 heteroatoms. The van der Waals surface area contributed by atoms with Crippen LogP contribution >= 0.6 is 0 Å². The SMILES string of the molecule is CCOC(=O)N1CCC(Nc2cncc(C(=O)Nc3cccc(C)c3C)c2)CC1. The van der Waals surface area contributed by atoms with E-state index < -0.39 is 0 Å². The molecule has 2 N–H and O–H groups in total. The Hall–Kier alpha value is -3.09. The lowest BCUT2D eigenvalue weighted by molar-refractivity contribution is 0.0981. The highest BCUT2D eigenvalue weighted by Gasteiger charge is 2.23. The number of nitrogens with zero attached hydrogens (tertiary/aromatic N) is 2. The molecule has 2 heterocycles. The lowest BCUT2D eigenvalue weighted by atomic mass is 10.0. The molecular formula is C22H28N4O3. The number of ether oxygens (including phenoxy) is 1. The predicted octanol–water partition coefficient (Wildman–Crippen LogP) is 3.98. The van der Waals surface area contributed by atoms with Gasteiger partial charge in [0.15, 0.2) is 0 Å². The van der Waals surface area contributed by atoms with E-state index in [1.165, 1.54) is 0 Å². The number of anilines is 2. The number of likely N-dealkylation sites (tertiary alicyclic amines) is 1. The van der Waals surface area contributed by atoms with Crippen LogP contribution in [-0.4, -0.2) is 47.6 Å². The second kappa shape index (κ2) is 9.41. The summed E-state index contributed by atoms with van der Waals surface area (Å²) in [6.45, 7) is 7.50. The van der Waals surface area contributed by atoms with Crippen molar-refractivity contribution in [2.24, 2.45) is 0 Å². The number of rotatable bonds is 5. The summed E-state index contributed by atoms with van der Waals surface area (Å²) in [6.07, 6.45) is 4.66. The predicted molar refractivity (Wildman–Crippen MR) is 113 cm³/mol. The van der Waals surface area contributed by atoms with Gasteiger partial charge in [-0.05, 0) is 56.9 Å². The van der Waals surface area contributed by atoms with Crippen LogP contribution in [0.2, 0.25) is 0 Å². The number of carbonyl (C=O) groups is 2. The van der Waals surface area contributed by atoms with Crippen LogP contribution < -0.4 is 10.6 Å². The zero-order chi connectivity index (χ0) is 20.8. The number of hydrogen-bond acceptors (Lipinski definition) is 5. The maximum atomic E-state index is 12.7. The molecule has 0 aliphatic carbocycles. The zero-order valence-electron chi connectivity index (χ0n) is 17.2. The highest BCUT2D eigenvalue weighted by molar-refractivity contribution is 6.05. The second-order valence-corrected chi connectivity index (χ2v) is 7.27. The molecule has 1 aromatic heterocycles. The van der Waals surface area contributed by atoms with Crippen molar-refractivity contribution in [3.8, 4) is 0 Å². The summed E-state index contributed by atoms with van der Waals surface area (Å²) in [5.41, 5.74) is 4.29. The first-order valence-electron chi connectivity index (χ1n) is 9.98. The lowest BCUT2D eigenvalue weighted by Gasteiger charge is -2.32. The van der Waals surface area contributed by atoms with E-state index in [1.807, 2.05) is 45.0 Å². The minimum atomic E-state index is -0.252. The first-order valence-corrected chi connectivity index (χ1v) is 9.98. The molecule has 1 aliphatic rings. The van der Waals surface area contributed by atoms with Crippen LogP contribution in [0.1, 0.15) is 41.3 Å². The average molecular weight is 396 g/mol. The Labute approximate surface area is 171 Å². The summed E-state index contributed by atoms with van der Waals surface area (Å²) >= 11 is 0. The third-order valence-electron chi connectivity index (χ3n) is 5.25. The Balaban J connectivity index is 1.59. The second-order valence-electron chi connectivity index (χ2n) is 7.27. The maximum absolute atomic E-state index is 12.7. The molecule has 29 heavy (non-hydrogen) atoms. The van der Waals surface area contributed by atoms with Gasteiger partial charge in [0.1, 0.15) is 0 Å². The van der Waals surface area contributed by atoms with Crippen LogP contribution in [0.5, 0.6) is 0 Å². The fraction of sp³-hybridized carbons (Fsp3) is 0.409. The summed E-state index contributed by atoms with van der Waals surface area (Å²) in [4.78, 5) is 30.4. The third-order valence-corrected chi connectivity index (χ3v) is 5.25. The van der Waals surface area contributed by atoms with Crippen LogP contribution in [0.4, 0.5) is 16.2 Å². The number of benzene rings is 1. The van der Waals surface area contributed by atoms with Crippen molar-refractivity contribution in [3.05, 3.63) is 53.3 Å². The number of amides is 2. The summed E-state index contributed by atoms with van der Waals surface area (Å²) in [7, 11) is 0. The summed E-state index contributed by atoms with van der Waals surface area (Å²) < 4.78 is 5.05. The van der Waals surface area contributed by atoms with E-state index in [1.54, 1.807) is 17.3 Å². The molecule has 0 spiro atoms. The molecule has 154 valence electrons. The maximum Gasteiger partial charge on any atom is 0.409 e. The Morgan fingerprint density at radius 3 is 2.69 bits per heavy atom. The molecule has 7 nitrogen and oxygen atoms in total. The first-order chi connectivity index (χ1) is 14.0. The van der Waals surface area contributed by atoms with E-state index in [0.717, 1.165) is 35.3 Å². The number of aryl methyl sites for hydroxylation is 1. The van der Waals surface area contributed by atoms with E-state index in [4.69, 9.17) is 4.74 Å². The quantitative estimate of drug-likeness (QED) is 0.799. The molecule has 0 unspecified atom stereocenters. The van der Waals surface area contributed by atoms with Crippen LogP contribution in [0.3, 0.4) is 0 Å². The highest BCUT2D eigenvalue weighted by Crippen LogP contribution is 2.21. The van der Waals surface area contributed by atoms with Gasteiger partial charge in [-0.2, -0.15) is 0 Å².